The van der Waals surface area contributed by atoms with Crippen molar-refractivity contribution in [3.05, 3.63) is 42.5 Å². The summed E-state index contributed by atoms with van der Waals surface area (Å²) in [6.07, 6.45) is 1.91. The number of benzene rings is 1. The molecule has 1 saturated carbocycles. The second-order valence-electron chi connectivity index (χ2n) is 8.34. The summed E-state index contributed by atoms with van der Waals surface area (Å²) >= 11 is 0. The molecule has 158 valence electrons. The lowest BCUT2D eigenvalue weighted by atomic mass is 10.1. The summed E-state index contributed by atoms with van der Waals surface area (Å²) in [6.45, 7) is 6.81. The zero-order valence-electron chi connectivity index (χ0n) is 17.7. The van der Waals surface area contributed by atoms with Gasteiger partial charge in [0.1, 0.15) is 0 Å². The molecule has 7 heteroatoms. The van der Waals surface area contributed by atoms with Crippen molar-refractivity contribution >= 4 is 17.6 Å². The van der Waals surface area contributed by atoms with E-state index in [1.54, 1.807) is 4.90 Å². The zero-order chi connectivity index (χ0) is 21.1. The fourth-order valence-corrected chi connectivity index (χ4v) is 3.77. The Morgan fingerprint density at radius 1 is 1.00 bits per heavy atom. The molecule has 1 saturated heterocycles. The number of hydrogen-bond donors (Lipinski definition) is 0. The minimum atomic E-state index is 0.0304. The van der Waals surface area contributed by atoms with Crippen molar-refractivity contribution in [2.24, 2.45) is 5.92 Å². The summed E-state index contributed by atoms with van der Waals surface area (Å²) in [5.74, 6) is 1.12. The topological polar surface area (TPSA) is 69.6 Å². The van der Waals surface area contributed by atoms with Gasteiger partial charge in [-0.3, -0.25) is 9.59 Å². The molecule has 0 radical (unpaired) electrons. The van der Waals surface area contributed by atoms with Crippen LogP contribution in [0.2, 0.25) is 0 Å². The van der Waals surface area contributed by atoms with Gasteiger partial charge in [-0.25, -0.2) is 0 Å². The predicted octanol–water partition coefficient (Wildman–Crippen LogP) is 2.44. The summed E-state index contributed by atoms with van der Waals surface area (Å²) in [4.78, 5) is 31.0. The number of anilines is 1. The first-order chi connectivity index (χ1) is 14.5. The molecule has 0 bridgehead atoms. The Morgan fingerprint density at radius 2 is 1.70 bits per heavy atom. The average molecular weight is 408 g/mol. The van der Waals surface area contributed by atoms with E-state index in [1.165, 1.54) is 0 Å². The first-order valence-corrected chi connectivity index (χ1v) is 10.8. The van der Waals surface area contributed by atoms with Gasteiger partial charge in [-0.1, -0.05) is 30.3 Å². The van der Waals surface area contributed by atoms with Gasteiger partial charge in [0.2, 0.25) is 11.8 Å². The van der Waals surface area contributed by atoms with Crippen molar-refractivity contribution in [1.82, 2.24) is 20.0 Å². The van der Waals surface area contributed by atoms with E-state index in [2.05, 4.69) is 15.1 Å². The van der Waals surface area contributed by atoms with Crippen LogP contribution in [0.1, 0.15) is 26.7 Å². The van der Waals surface area contributed by atoms with E-state index in [0.717, 1.165) is 29.9 Å². The first-order valence-electron chi connectivity index (χ1n) is 10.8. The highest BCUT2D eigenvalue weighted by Gasteiger charge is 2.36. The van der Waals surface area contributed by atoms with Gasteiger partial charge in [0.15, 0.2) is 5.82 Å². The lowest BCUT2D eigenvalue weighted by Gasteiger charge is -2.36. The van der Waals surface area contributed by atoms with Crippen molar-refractivity contribution in [3.8, 4) is 11.3 Å². The van der Waals surface area contributed by atoms with Crippen LogP contribution in [-0.4, -0.2) is 70.6 Å². The number of rotatable bonds is 6. The predicted molar refractivity (Wildman–Crippen MR) is 116 cm³/mol. The zero-order valence-corrected chi connectivity index (χ0v) is 17.7. The highest BCUT2D eigenvalue weighted by Crippen LogP contribution is 2.31. The number of carbonyl (C=O) groups excluding carboxylic acids is 2. The molecule has 0 N–H and O–H groups in total. The van der Waals surface area contributed by atoms with E-state index in [1.807, 2.05) is 61.2 Å². The van der Waals surface area contributed by atoms with Gasteiger partial charge >= 0.3 is 0 Å². The number of nitrogens with zero attached hydrogens (tertiary/aromatic N) is 5. The molecule has 4 rings (SSSR count). The molecule has 2 aliphatic rings. The van der Waals surface area contributed by atoms with Crippen LogP contribution in [0.15, 0.2) is 42.5 Å². The van der Waals surface area contributed by atoms with Gasteiger partial charge in [-0.05, 0) is 38.8 Å². The maximum Gasteiger partial charge on any atom is 0.242 e. The molecule has 1 aliphatic heterocycles. The second-order valence-corrected chi connectivity index (χ2v) is 8.34. The Bertz CT molecular complexity index is 872. The molecule has 2 amide bonds. The Morgan fingerprint density at radius 3 is 2.27 bits per heavy atom. The average Bonchev–Trinajstić information content (AvgIpc) is 3.63. The minimum absolute atomic E-state index is 0.0304. The highest BCUT2D eigenvalue weighted by molar-refractivity contribution is 5.87. The lowest BCUT2D eigenvalue weighted by Crippen LogP contribution is -2.53. The molecule has 0 atom stereocenters. The van der Waals surface area contributed by atoms with E-state index < -0.39 is 0 Å². The van der Waals surface area contributed by atoms with E-state index >= 15 is 0 Å². The van der Waals surface area contributed by atoms with Gasteiger partial charge in [0.25, 0.3) is 0 Å². The molecule has 2 heterocycles. The van der Waals surface area contributed by atoms with E-state index in [-0.39, 0.29) is 30.3 Å². The van der Waals surface area contributed by atoms with Gasteiger partial charge < -0.3 is 14.7 Å². The Balaban J connectivity index is 1.32. The highest BCUT2D eigenvalue weighted by atomic mass is 16.2. The van der Waals surface area contributed by atoms with Crippen molar-refractivity contribution < 1.29 is 9.59 Å². The molecule has 30 heavy (non-hydrogen) atoms. The van der Waals surface area contributed by atoms with Crippen LogP contribution in [0, 0.1) is 5.92 Å². The van der Waals surface area contributed by atoms with Gasteiger partial charge in [-0.2, -0.15) is 0 Å². The normalized spacial score (nSPS) is 16.6. The number of amides is 2. The Kier molecular flexibility index (Phi) is 5.97. The summed E-state index contributed by atoms with van der Waals surface area (Å²) in [5, 5.41) is 8.75. The minimum Gasteiger partial charge on any atom is -0.352 e. The molecular formula is C23H29N5O2. The molecule has 0 unspecified atom stereocenters. The van der Waals surface area contributed by atoms with Crippen molar-refractivity contribution in [2.75, 3.05) is 37.6 Å². The van der Waals surface area contributed by atoms with Crippen LogP contribution in [0.5, 0.6) is 0 Å². The Hall–Kier alpha value is -2.96. The number of aromatic nitrogens is 2. The van der Waals surface area contributed by atoms with Crippen LogP contribution in [0.4, 0.5) is 5.82 Å². The fraction of sp³-hybridized carbons (Fsp3) is 0.478. The number of carbonyl (C=O) groups is 2. The molecule has 1 aliphatic carbocycles. The van der Waals surface area contributed by atoms with Crippen LogP contribution < -0.4 is 4.90 Å². The van der Waals surface area contributed by atoms with Crippen molar-refractivity contribution in [3.63, 3.8) is 0 Å². The summed E-state index contributed by atoms with van der Waals surface area (Å²) in [6, 6.07) is 14.0. The smallest absolute Gasteiger partial charge is 0.242 e. The van der Waals surface area contributed by atoms with Crippen molar-refractivity contribution in [1.29, 1.82) is 0 Å². The van der Waals surface area contributed by atoms with Crippen LogP contribution in [0.25, 0.3) is 11.3 Å². The summed E-state index contributed by atoms with van der Waals surface area (Å²) < 4.78 is 0. The number of piperazine rings is 1. The third kappa shape index (κ3) is 4.61. The maximum absolute atomic E-state index is 12.8. The molecular weight excluding hydrogens is 378 g/mol. The molecule has 0 spiro atoms. The van der Waals surface area contributed by atoms with E-state index in [9.17, 15) is 9.59 Å². The second kappa shape index (κ2) is 8.81. The van der Waals surface area contributed by atoms with Crippen LogP contribution in [0.3, 0.4) is 0 Å². The Labute approximate surface area is 177 Å². The SMILES string of the molecule is CC(C)N(CC(=O)N1CCN(c2ccc(-c3ccccc3)nn2)CC1)C(=O)C1CC1. The third-order valence-corrected chi connectivity index (χ3v) is 5.82. The number of hydrogen-bond acceptors (Lipinski definition) is 5. The maximum atomic E-state index is 12.8. The standard InChI is InChI=1S/C23H29N5O2/c1-17(2)28(23(30)19-8-9-19)16-22(29)27-14-12-26(13-15-27)21-11-10-20(24-25-21)18-6-4-3-5-7-18/h3-7,10-11,17,19H,8-9,12-16H2,1-2H3. The molecule has 1 aromatic heterocycles. The quantitative estimate of drug-likeness (QED) is 0.736. The largest absolute Gasteiger partial charge is 0.352 e. The van der Waals surface area contributed by atoms with Gasteiger partial charge in [0.05, 0.1) is 12.2 Å². The third-order valence-electron chi connectivity index (χ3n) is 5.82. The van der Waals surface area contributed by atoms with Gasteiger partial charge in [-0.15, -0.1) is 10.2 Å². The van der Waals surface area contributed by atoms with E-state index in [4.69, 9.17) is 0 Å². The lowest BCUT2D eigenvalue weighted by molar-refractivity contribution is -0.143. The summed E-state index contributed by atoms with van der Waals surface area (Å²) in [7, 11) is 0. The fourth-order valence-electron chi connectivity index (χ4n) is 3.77. The monoisotopic (exact) mass is 407 g/mol. The molecule has 1 aromatic carbocycles. The van der Waals surface area contributed by atoms with Crippen LogP contribution >= 0.6 is 0 Å². The van der Waals surface area contributed by atoms with E-state index in [0.29, 0.717) is 26.2 Å². The van der Waals surface area contributed by atoms with Gasteiger partial charge in [0, 0.05) is 43.7 Å². The first kappa shape index (κ1) is 20.3. The molecule has 7 nitrogen and oxygen atoms in total. The van der Waals surface area contributed by atoms with Crippen molar-refractivity contribution in [2.45, 2.75) is 32.7 Å². The van der Waals surface area contributed by atoms with Crippen LogP contribution in [-0.2, 0) is 9.59 Å². The molecule has 2 fully saturated rings. The molecule has 2 aromatic rings. The summed E-state index contributed by atoms with van der Waals surface area (Å²) in [5.41, 5.74) is 1.89.